The van der Waals surface area contributed by atoms with Crippen LogP contribution in [0.4, 0.5) is 0 Å². The predicted molar refractivity (Wildman–Crippen MR) is 377 cm³/mol. The van der Waals surface area contributed by atoms with Crippen molar-refractivity contribution < 1.29 is 80.2 Å². The zero-order chi connectivity index (χ0) is 68.7. The molecular formula is C74H144O17P2. The lowest BCUT2D eigenvalue weighted by molar-refractivity contribution is -0.161. The van der Waals surface area contributed by atoms with E-state index in [1.54, 1.807) is 0 Å². The second-order valence-electron chi connectivity index (χ2n) is 27.9. The first kappa shape index (κ1) is 91.1. The van der Waals surface area contributed by atoms with Gasteiger partial charge < -0.3 is 33.8 Å². The van der Waals surface area contributed by atoms with Crippen LogP contribution in [0.15, 0.2) is 0 Å². The van der Waals surface area contributed by atoms with Gasteiger partial charge in [-0.2, -0.15) is 0 Å². The van der Waals surface area contributed by atoms with Crippen molar-refractivity contribution in [2.24, 2.45) is 17.8 Å². The first-order valence-electron chi connectivity index (χ1n) is 38.4. The topological polar surface area (TPSA) is 237 Å². The van der Waals surface area contributed by atoms with Crippen LogP contribution < -0.4 is 0 Å². The molecule has 0 rings (SSSR count). The molecule has 19 heteroatoms. The highest BCUT2D eigenvalue weighted by atomic mass is 31.2. The third-order valence-corrected chi connectivity index (χ3v) is 19.4. The number of aliphatic hydroxyl groups is 1. The third kappa shape index (κ3) is 67.0. The van der Waals surface area contributed by atoms with Gasteiger partial charge in [0, 0.05) is 25.7 Å². The van der Waals surface area contributed by atoms with Crippen LogP contribution in [0.1, 0.15) is 376 Å². The van der Waals surface area contributed by atoms with Gasteiger partial charge in [-0.3, -0.25) is 37.3 Å². The molecule has 0 amide bonds. The Morgan fingerprint density at radius 3 is 0.817 bits per heavy atom. The largest absolute Gasteiger partial charge is 0.472 e. The van der Waals surface area contributed by atoms with Crippen molar-refractivity contribution in [1.29, 1.82) is 0 Å². The molecule has 6 atom stereocenters. The van der Waals surface area contributed by atoms with E-state index in [-0.39, 0.29) is 25.7 Å². The summed E-state index contributed by atoms with van der Waals surface area (Å²) < 4.78 is 68.4. The average Bonchev–Trinajstić information content (AvgIpc) is 2.26. The maximum absolute atomic E-state index is 13.1. The average molecular weight is 1370 g/mol. The smallest absolute Gasteiger partial charge is 0.462 e. The number of aliphatic hydroxyl groups excluding tert-OH is 1. The lowest BCUT2D eigenvalue weighted by atomic mass is 9.99. The molecule has 0 aromatic carbocycles. The van der Waals surface area contributed by atoms with Crippen LogP contribution in [-0.2, 0) is 65.4 Å². The van der Waals surface area contributed by atoms with Gasteiger partial charge >= 0.3 is 39.5 Å². The van der Waals surface area contributed by atoms with Crippen LogP contribution in [0, 0.1) is 17.8 Å². The molecule has 0 saturated carbocycles. The molecule has 0 aliphatic rings. The van der Waals surface area contributed by atoms with Gasteiger partial charge in [0.25, 0.3) is 0 Å². The molecule has 0 aromatic heterocycles. The fourth-order valence-electron chi connectivity index (χ4n) is 11.2. The molecule has 0 aromatic rings. The lowest BCUT2D eigenvalue weighted by Gasteiger charge is -2.21. The summed E-state index contributed by atoms with van der Waals surface area (Å²) in [4.78, 5) is 72.7. The molecule has 552 valence electrons. The van der Waals surface area contributed by atoms with Crippen molar-refractivity contribution >= 4 is 39.5 Å². The Bertz CT molecular complexity index is 1820. The van der Waals surface area contributed by atoms with Gasteiger partial charge in [0.1, 0.15) is 19.3 Å². The Balaban J connectivity index is 5.22. The Morgan fingerprint density at radius 2 is 0.548 bits per heavy atom. The summed E-state index contributed by atoms with van der Waals surface area (Å²) in [7, 11) is -9.91. The van der Waals surface area contributed by atoms with Crippen LogP contribution in [0.5, 0.6) is 0 Å². The molecule has 3 N–H and O–H groups in total. The van der Waals surface area contributed by atoms with Gasteiger partial charge in [-0.15, -0.1) is 0 Å². The quantitative estimate of drug-likeness (QED) is 0.0222. The number of rotatable bonds is 72. The Kier molecular flexibility index (Phi) is 63.4. The Hall–Kier alpha value is -1.94. The van der Waals surface area contributed by atoms with E-state index >= 15 is 0 Å². The minimum atomic E-state index is -4.96. The number of hydrogen-bond acceptors (Lipinski definition) is 15. The number of carbonyl (C=O) groups excluding carboxylic acids is 4. The minimum absolute atomic E-state index is 0.106. The van der Waals surface area contributed by atoms with E-state index < -0.39 is 97.5 Å². The van der Waals surface area contributed by atoms with Gasteiger partial charge in [-0.05, 0) is 43.4 Å². The van der Waals surface area contributed by atoms with E-state index in [0.717, 1.165) is 108 Å². The van der Waals surface area contributed by atoms with Crippen molar-refractivity contribution in [2.75, 3.05) is 39.6 Å². The number of phosphoric acid groups is 2. The van der Waals surface area contributed by atoms with Crippen LogP contribution in [0.3, 0.4) is 0 Å². The summed E-state index contributed by atoms with van der Waals surface area (Å²) in [6, 6.07) is 0. The predicted octanol–water partition coefficient (Wildman–Crippen LogP) is 21.4. The molecule has 17 nitrogen and oxygen atoms in total. The van der Waals surface area contributed by atoms with Gasteiger partial charge in [-0.25, -0.2) is 9.13 Å². The van der Waals surface area contributed by atoms with E-state index in [0.29, 0.717) is 31.6 Å². The Morgan fingerprint density at radius 1 is 0.312 bits per heavy atom. The molecule has 0 saturated heterocycles. The summed E-state index contributed by atoms with van der Waals surface area (Å²) in [5.41, 5.74) is 0. The van der Waals surface area contributed by atoms with Crippen LogP contribution in [-0.4, -0.2) is 96.7 Å². The zero-order valence-electron chi connectivity index (χ0n) is 60.7. The molecule has 3 unspecified atom stereocenters. The standard InChI is InChI=1S/C74H144O17P2/c1-8-10-11-12-13-14-21-29-34-43-50-57-73(78)91-70(62-85-72(77)56-49-42-37-36-39-46-53-66(5)6)64-89-93(82,83)87-60-68(75)59-86-92(80,81)88-63-69(61-84-71(76)55-48-41-33-28-25-24-27-32-40-47-54-67(7)9-2)90-74(79)58-51-44-35-30-23-20-18-16-15-17-19-22-26-31-38-45-52-65(3)4/h65-70,75H,8-64H2,1-7H3,(H,80,81)(H,82,83)/t67?,68-,69-,70-/m1/s1. The van der Waals surface area contributed by atoms with E-state index in [9.17, 15) is 43.2 Å². The van der Waals surface area contributed by atoms with Crippen molar-refractivity contribution in [3.05, 3.63) is 0 Å². The van der Waals surface area contributed by atoms with Gasteiger partial charge in [0.2, 0.25) is 0 Å². The second kappa shape index (κ2) is 64.7. The fraction of sp³-hybridized carbons (Fsp3) is 0.946. The van der Waals surface area contributed by atoms with Crippen molar-refractivity contribution in [1.82, 2.24) is 0 Å². The lowest BCUT2D eigenvalue weighted by Crippen LogP contribution is -2.30. The molecule has 0 heterocycles. The minimum Gasteiger partial charge on any atom is -0.462 e. The molecule has 93 heavy (non-hydrogen) atoms. The molecule has 0 aliphatic heterocycles. The van der Waals surface area contributed by atoms with Crippen LogP contribution in [0.2, 0.25) is 0 Å². The highest BCUT2D eigenvalue weighted by Crippen LogP contribution is 2.45. The van der Waals surface area contributed by atoms with Gasteiger partial charge in [0.15, 0.2) is 12.2 Å². The van der Waals surface area contributed by atoms with E-state index in [2.05, 4.69) is 48.5 Å². The number of esters is 4. The van der Waals surface area contributed by atoms with Crippen LogP contribution in [0.25, 0.3) is 0 Å². The number of unbranched alkanes of at least 4 members (excludes halogenated alkanes) is 39. The molecule has 0 spiro atoms. The summed E-state index contributed by atoms with van der Waals surface area (Å²) in [5, 5.41) is 10.6. The molecule has 0 fully saturated rings. The first-order valence-corrected chi connectivity index (χ1v) is 41.4. The number of phosphoric ester groups is 2. The maximum Gasteiger partial charge on any atom is 0.472 e. The molecule has 0 radical (unpaired) electrons. The first-order chi connectivity index (χ1) is 44.8. The highest BCUT2D eigenvalue weighted by Gasteiger charge is 2.30. The van der Waals surface area contributed by atoms with Crippen LogP contribution >= 0.6 is 15.6 Å². The normalized spacial score (nSPS) is 14.4. The van der Waals surface area contributed by atoms with Gasteiger partial charge in [-0.1, -0.05) is 325 Å². The molecular weight excluding hydrogens is 1220 g/mol. The third-order valence-electron chi connectivity index (χ3n) is 17.5. The fourth-order valence-corrected chi connectivity index (χ4v) is 12.8. The number of carbonyl (C=O) groups is 4. The van der Waals surface area contributed by atoms with Crippen molar-refractivity contribution in [3.63, 3.8) is 0 Å². The monoisotopic (exact) mass is 1370 g/mol. The number of hydrogen-bond donors (Lipinski definition) is 3. The summed E-state index contributed by atoms with van der Waals surface area (Å²) in [5.74, 6) is 0.176. The van der Waals surface area contributed by atoms with E-state index in [4.69, 9.17) is 37.0 Å². The summed E-state index contributed by atoms with van der Waals surface area (Å²) >= 11 is 0. The molecule has 0 bridgehead atoms. The van der Waals surface area contributed by atoms with E-state index in [1.165, 1.54) is 180 Å². The summed E-state index contributed by atoms with van der Waals surface area (Å²) in [6.07, 6.45) is 50.0. The zero-order valence-corrected chi connectivity index (χ0v) is 62.5. The van der Waals surface area contributed by atoms with Crippen molar-refractivity contribution in [2.45, 2.75) is 394 Å². The maximum atomic E-state index is 13.1. The Labute approximate surface area is 568 Å². The molecule has 0 aliphatic carbocycles. The number of ether oxygens (including phenoxy) is 4. The van der Waals surface area contributed by atoms with Gasteiger partial charge in [0.05, 0.1) is 26.4 Å². The highest BCUT2D eigenvalue weighted by molar-refractivity contribution is 7.47. The second-order valence-corrected chi connectivity index (χ2v) is 30.8. The SMILES string of the molecule is CCCCCCCCCCCCCC(=O)O[C@H](COC(=O)CCCCCCCCC(C)C)COP(=O)(O)OC[C@H](O)COP(=O)(O)OC[C@@H](COC(=O)CCCCCCCCCCCCC(C)CC)OC(=O)CCCCCCCCCCCCCCCCCCC(C)C. The van der Waals surface area contributed by atoms with Crippen molar-refractivity contribution in [3.8, 4) is 0 Å². The van der Waals surface area contributed by atoms with E-state index in [1.807, 2.05) is 0 Å². The summed E-state index contributed by atoms with van der Waals surface area (Å²) in [6.45, 7) is 11.9.